The number of hydrogen-bond donors (Lipinski definition) is 0. The molecule has 7 heteroatoms. The van der Waals surface area contributed by atoms with Gasteiger partial charge in [0.1, 0.15) is 11.5 Å². The summed E-state index contributed by atoms with van der Waals surface area (Å²) in [4.78, 5) is 30.2. The Kier molecular flexibility index (Phi) is 5.22. The summed E-state index contributed by atoms with van der Waals surface area (Å²) >= 11 is 0. The van der Waals surface area contributed by atoms with Gasteiger partial charge in [0.05, 0.1) is 6.33 Å². The van der Waals surface area contributed by atoms with Crippen molar-refractivity contribution in [3.63, 3.8) is 0 Å². The average Bonchev–Trinajstić information content (AvgIpc) is 3.13. The van der Waals surface area contributed by atoms with Crippen molar-refractivity contribution < 1.29 is 4.79 Å². The first-order valence-corrected chi connectivity index (χ1v) is 10.1. The summed E-state index contributed by atoms with van der Waals surface area (Å²) in [5.41, 5.74) is 3.54. The lowest BCUT2D eigenvalue weighted by Crippen LogP contribution is -2.39. The maximum absolute atomic E-state index is 12.5. The van der Waals surface area contributed by atoms with Crippen LogP contribution in [-0.2, 0) is 7.05 Å². The molecule has 3 aromatic heterocycles. The molecule has 0 saturated carbocycles. The van der Waals surface area contributed by atoms with E-state index in [9.17, 15) is 4.79 Å². The molecule has 4 rings (SSSR count). The number of imidazole rings is 1. The van der Waals surface area contributed by atoms with Crippen molar-refractivity contribution in [2.24, 2.45) is 13.0 Å². The van der Waals surface area contributed by atoms with Gasteiger partial charge in [-0.1, -0.05) is 0 Å². The van der Waals surface area contributed by atoms with Gasteiger partial charge in [0.25, 0.3) is 5.91 Å². The summed E-state index contributed by atoms with van der Waals surface area (Å²) in [6.07, 6.45) is 5.51. The van der Waals surface area contributed by atoms with E-state index in [0.717, 1.165) is 55.0 Å². The number of rotatable bonds is 4. The van der Waals surface area contributed by atoms with Gasteiger partial charge in [-0.15, -0.1) is 0 Å². The summed E-state index contributed by atoms with van der Waals surface area (Å²) in [6, 6.07) is 6.33. The van der Waals surface area contributed by atoms with Gasteiger partial charge >= 0.3 is 0 Å². The second kappa shape index (κ2) is 7.81. The van der Waals surface area contributed by atoms with Gasteiger partial charge in [0.2, 0.25) is 0 Å². The molecule has 1 aliphatic rings. The molecule has 1 aliphatic heterocycles. The van der Waals surface area contributed by atoms with Crippen LogP contribution < -0.4 is 4.90 Å². The minimum absolute atomic E-state index is 0.0129. The molecule has 0 spiro atoms. The van der Waals surface area contributed by atoms with Gasteiger partial charge in [-0.25, -0.2) is 15.0 Å². The van der Waals surface area contributed by atoms with E-state index in [4.69, 9.17) is 4.98 Å². The van der Waals surface area contributed by atoms with Crippen molar-refractivity contribution >= 4 is 22.8 Å². The number of pyridine rings is 2. The molecule has 0 aliphatic carbocycles. The SMILES string of the molecule is Cc1cc(C)c2ccc(N3CCC(CN(C)C(=O)c4cn(C)cn4)CC3)nc2n1. The Labute approximate surface area is 171 Å². The van der Waals surface area contributed by atoms with E-state index in [-0.39, 0.29) is 5.91 Å². The van der Waals surface area contributed by atoms with Crippen LogP contribution in [0.15, 0.2) is 30.7 Å². The van der Waals surface area contributed by atoms with Crippen LogP contribution in [0.1, 0.15) is 34.6 Å². The number of hydrogen-bond acceptors (Lipinski definition) is 5. The Hall–Kier alpha value is -2.96. The molecule has 0 bridgehead atoms. The highest BCUT2D eigenvalue weighted by Crippen LogP contribution is 2.25. The van der Waals surface area contributed by atoms with Gasteiger partial charge < -0.3 is 14.4 Å². The van der Waals surface area contributed by atoms with Crippen molar-refractivity contribution in [3.8, 4) is 0 Å². The zero-order valence-electron chi connectivity index (χ0n) is 17.6. The van der Waals surface area contributed by atoms with Crippen LogP contribution in [0, 0.1) is 19.8 Å². The Bertz CT molecular complexity index is 1030. The molecule has 0 unspecified atom stereocenters. The minimum Gasteiger partial charge on any atom is -0.357 e. The second-order valence-corrected chi connectivity index (χ2v) is 8.16. The fraction of sp³-hybridized carbons (Fsp3) is 0.455. The van der Waals surface area contributed by atoms with Crippen molar-refractivity contribution in [1.82, 2.24) is 24.4 Å². The van der Waals surface area contributed by atoms with Crippen molar-refractivity contribution in [2.75, 3.05) is 31.6 Å². The smallest absolute Gasteiger partial charge is 0.273 e. The molecule has 0 radical (unpaired) electrons. The van der Waals surface area contributed by atoms with E-state index < -0.39 is 0 Å². The normalized spacial score (nSPS) is 15.1. The molecule has 29 heavy (non-hydrogen) atoms. The molecule has 1 fully saturated rings. The van der Waals surface area contributed by atoms with E-state index in [1.54, 1.807) is 22.0 Å². The Morgan fingerprint density at radius 2 is 1.97 bits per heavy atom. The zero-order valence-corrected chi connectivity index (χ0v) is 17.6. The topological polar surface area (TPSA) is 67.2 Å². The fourth-order valence-electron chi connectivity index (χ4n) is 4.13. The van der Waals surface area contributed by atoms with E-state index in [0.29, 0.717) is 11.6 Å². The third kappa shape index (κ3) is 4.09. The molecule has 3 aromatic rings. The van der Waals surface area contributed by atoms with Gasteiger partial charge in [-0.3, -0.25) is 4.79 Å². The molecule has 1 saturated heterocycles. The summed E-state index contributed by atoms with van der Waals surface area (Å²) in [6.45, 7) is 6.76. The summed E-state index contributed by atoms with van der Waals surface area (Å²) in [7, 11) is 3.74. The predicted octanol–water partition coefficient (Wildman–Crippen LogP) is 2.97. The number of fused-ring (bicyclic) bond motifs is 1. The van der Waals surface area contributed by atoms with Crippen LogP contribution in [0.3, 0.4) is 0 Å². The third-order valence-corrected chi connectivity index (χ3v) is 5.73. The Morgan fingerprint density at radius 3 is 2.66 bits per heavy atom. The summed E-state index contributed by atoms with van der Waals surface area (Å²) in [5.74, 6) is 1.47. The van der Waals surface area contributed by atoms with E-state index in [1.807, 2.05) is 21.0 Å². The molecule has 1 amide bonds. The first-order valence-electron chi connectivity index (χ1n) is 10.1. The number of anilines is 1. The van der Waals surface area contributed by atoms with E-state index in [2.05, 4.69) is 40.0 Å². The number of aryl methyl sites for hydroxylation is 3. The number of piperidine rings is 1. The molecular formula is C22H28N6O. The predicted molar refractivity (Wildman–Crippen MR) is 114 cm³/mol. The van der Waals surface area contributed by atoms with Gasteiger partial charge in [0.15, 0.2) is 5.65 Å². The highest BCUT2D eigenvalue weighted by atomic mass is 16.2. The molecule has 4 heterocycles. The fourth-order valence-corrected chi connectivity index (χ4v) is 4.13. The number of carbonyl (C=O) groups is 1. The maximum Gasteiger partial charge on any atom is 0.273 e. The Balaban J connectivity index is 1.38. The van der Waals surface area contributed by atoms with Crippen molar-refractivity contribution in [2.45, 2.75) is 26.7 Å². The van der Waals surface area contributed by atoms with Crippen molar-refractivity contribution in [1.29, 1.82) is 0 Å². The van der Waals surface area contributed by atoms with Crippen LogP contribution in [0.5, 0.6) is 0 Å². The van der Waals surface area contributed by atoms with Gasteiger partial charge in [-0.2, -0.15) is 0 Å². The number of amides is 1. The van der Waals surface area contributed by atoms with Gasteiger partial charge in [-0.05, 0) is 56.4 Å². The number of aromatic nitrogens is 4. The summed E-state index contributed by atoms with van der Waals surface area (Å²) in [5, 5.41) is 1.11. The summed E-state index contributed by atoms with van der Waals surface area (Å²) < 4.78 is 1.80. The van der Waals surface area contributed by atoms with Crippen LogP contribution in [0.4, 0.5) is 5.82 Å². The lowest BCUT2D eigenvalue weighted by Gasteiger charge is -2.34. The molecule has 7 nitrogen and oxygen atoms in total. The quantitative estimate of drug-likeness (QED) is 0.683. The molecule has 0 aromatic carbocycles. The minimum atomic E-state index is -0.0129. The molecule has 0 atom stereocenters. The maximum atomic E-state index is 12.5. The second-order valence-electron chi connectivity index (χ2n) is 8.16. The Morgan fingerprint density at radius 1 is 1.21 bits per heavy atom. The number of nitrogens with zero attached hydrogens (tertiary/aromatic N) is 6. The standard InChI is InChI=1S/C22H28N6O/c1-15-11-16(2)24-21-18(15)5-6-20(25-21)28-9-7-17(8-10-28)12-27(4)22(29)19-13-26(3)14-23-19/h5-6,11,13-14,17H,7-10,12H2,1-4H3. The molecule has 152 valence electrons. The first-order chi connectivity index (χ1) is 13.9. The largest absolute Gasteiger partial charge is 0.357 e. The lowest BCUT2D eigenvalue weighted by molar-refractivity contribution is 0.0759. The molecular weight excluding hydrogens is 364 g/mol. The first kappa shape index (κ1) is 19.4. The van der Waals surface area contributed by atoms with Crippen molar-refractivity contribution in [3.05, 3.63) is 47.7 Å². The van der Waals surface area contributed by atoms with Crippen LogP contribution >= 0.6 is 0 Å². The van der Waals surface area contributed by atoms with Crippen LogP contribution in [0.2, 0.25) is 0 Å². The lowest BCUT2D eigenvalue weighted by atomic mass is 9.96. The monoisotopic (exact) mass is 392 g/mol. The van der Waals surface area contributed by atoms with E-state index >= 15 is 0 Å². The van der Waals surface area contributed by atoms with E-state index in [1.165, 1.54) is 5.56 Å². The highest BCUT2D eigenvalue weighted by molar-refractivity contribution is 5.91. The highest BCUT2D eigenvalue weighted by Gasteiger charge is 2.24. The average molecular weight is 393 g/mol. The van der Waals surface area contributed by atoms with Crippen LogP contribution in [0.25, 0.3) is 11.0 Å². The van der Waals surface area contributed by atoms with Crippen LogP contribution in [-0.4, -0.2) is 57.0 Å². The molecule has 0 N–H and O–H groups in total. The number of carbonyl (C=O) groups excluding carboxylic acids is 1. The zero-order chi connectivity index (χ0) is 20.5. The van der Waals surface area contributed by atoms with Gasteiger partial charge in [0, 0.05) is 51.0 Å². The third-order valence-electron chi connectivity index (χ3n) is 5.73.